The van der Waals surface area contributed by atoms with Crippen molar-refractivity contribution in [2.45, 2.75) is 55.8 Å². The molecule has 2 aromatic carbocycles. The lowest BCUT2D eigenvalue weighted by Crippen LogP contribution is -2.52. The minimum absolute atomic E-state index is 0.00821. The molecule has 0 radical (unpaired) electrons. The summed E-state index contributed by atoms with van der Waals surface area (Å²) in [5, 5.41) is 11.4. The summed E-state index contributed by atoms with van der Waals surface area (Å²) < 4.78 is 49.8. The fourth-order valence-electron chi connectivity index (χ4n) is 6.44. The SMILES string of the molecule is Nc1c(Oc2ccc(F)cc2)ncn(CC2(O)CCN(C(=O)[C@@H]3CC[C@@](F)(C#Cc4cc(F)ccn4)C[C@H]3c3ccccc3)CC2)c1=O. The molecule has 3 N–H and O–H groups in total. The number of anilines is 1. The minimum Gasteiger partial charge on any atom is -0.437 e. The van der Waals surface area contributed by atoms with Crippen molar-refractivity contribution in [2.75, 3.05) is 18.8 Å². The van der Waals surface area contributed by atoms with Crippen LogP contribution >= 0.6 is 0 Å². The van der Waals surface area contributed by atoms with Crippen molar-refractivity contribution in [1.29, 1.82) is 0 Å². The van der Waals surface area contributed by atoms with Gasteiger partial charge in [-0.15, -0.1) is 0 Å². The quantitative estimate of drug-likeness (QED) is 0.280. The molecule has 0 bridgehead atoms. The summed E-state index contributed by atoms with van der Waals surface area (Å²) in [6, 6.07) is 16.8. The molecule has 9 nitrogen and oxygen atoms in total. The largest absolute Gasteiger partial charge is 0.437 e. The number of nitrogens with zero attached hydrogens (tertiary/aromatic N) is 4. The smallest absolute Gasteiger partial charge is 0.280 e. The number of nitrogen functional groups attached to an aromatic ring is 1. The number of amides is 1. The Hall–Kier alpha value is -5.15. The molecule has 1 amide bonds. The Morgan fingerprint density at radius 2 is 1.75 bits per heavy atom. The van der Waals surface area contributed by atoms with Crippen molar-refractivity contribution in [1.82, 2.24) is 19.4 Å². The van der Waals surface area contributed by atoms with E-state index in [2.05, 4.69) is 21.8 Å². The van der Waals surface area contributed by atoms with E-state index < -0.39 is 40.3 Å². The van der Waals surface area contributed by atoms with Crippen LogP contribution in [0.2, 0.25) is 0 Å². The van der Waals surface area contributed by atoms with Crippen molar-refractivity contribution >= 4 is 11.6 Å². The van der Waals surface area contributed by atoms with Gasteiger partial charge >= 0.3 is 0 Å². The van der Waals surface area contributed by atoms with E-state index in [9.17, 15) is 23.5 Å². The van der Waals surface area contributed by atoms with Crippen molar-refractivity contribution in [3.05, 3.63) is 112 Å². The summed E-state index contributed by atoms with van der Waals surface area (Å²) in [4.78, 5) is 36.8. The number of ether oxygens (including phenoxy) is 1. The molecule has 4 aromatic rings. The van der Waals surface area contributed by atoms with Crippen LogP contribution in [0.1, 0.15) is 49.3 Å². The summed E-state index contributed by atoms with van der Waals surface area (Å²) in [5.74, 6) is 3.43. The van der Waals surface area contributed by atoms with E-state index in [1.807, 2.05) is 30.3 Å². The van der Waals surface area contributed by atoms with Crippen LogP contribution in [0.5, 0.6) is 11.6 Å². The van der Waals surface area contributed by atoms with Crippen LogP contribution in [0, 0.1) is 29.4 Å². The highest BCUT2D eigenvalue weighted by Gasteiger charge is 2.46. The summed E-state index contributed by atoms with van der Waals surface area (Å²) in [6.45, 7) is 0.381. The number of rotatable bonds is 6. The first-order chi connectivity index (χ1) is 23.0. The van der Waals surface area contributed by atoms with Crippen molar-refractivity contribution < 1.29 is 27.8 Å². The van der Waals surface area contributed by atoms with Gasteiger partial charge in [0.15, 0.2) is 11.4 Å². The fraction of sp³-hybridized carbons (Fsp3) is 0.333. The molecular weight excluding hydrogens is 623 g/mol. The molecule has 12 heteroatoms. The predicted octanol–water partition coefficient (Wildman–Crippen LogP) is 4.99. The summed E-state index contributed by atoms with van der Waals surface area (Å²) in [6.07, 6.45) is 3.18. The lowest BCUT2D eigenvalue weighted by atomic mass is 9.69. The van der Waals surface area contributed by atoms with Crippen molar-refractivity contribution in [3.63, 3.8) is 0 Å². The topological polar surface area (TPSA) is 124 Å². The standard InChI is InChI=1S/C36H34F3N5O4/c37-25-6-8-28(9-7-25)48-32-31(40)34(46)44(23-42-32)22-36(47)15-18-43(19-16-36)33(45)29-11-14-35(39,13-10-27-20-26(38)12-17-41-27)21-30(29)24-4-2-1-3-5-24/h1-9,12,17,20,23,29-30,47H,11,14-16,18-19,21-22,40H2/t29-,30+,35+/m1/s1. The lowest BCUT2D eigenvalue weighted by Gasteiger charge is -2.43. The van der Waals surface area contributed by atoms with Crippen LogP contribution < -0.4 is 16.0 Å². The summed E-state index contributed by atoms with van der Waals surface area (Å²) >= 11 is 0. The molecule has 2 aromatic heterocycles. The monoisotopic (exact) mass is 657 g/mol. The number of carbonyl (C=O) groups is 1. The first-order valence-electron chi connectivity index (χ1n) is 15.7. The van der Waals surface area contributed by atoms with Crippen LogP contribution in [0.4, 0.5) is 18.9 Å². The Labute approximate surface area is 275 Å². The summed E-state index contributed by atoms with van der Waals surface area (Å²) in [5.41, 5.74) is 2.90. The predicted molar refractivity (Wildman–Crippen MR) is 172 cm³/mol. The molecule has 1 saturated carbocycles. The molecule has 248 valence electrons. The van der Waals surface area contributed by atoms with Gasteiger partial charge in [-0.05, 0) is 73.4 Å². The molecule has 48 heavy (non-hydrogen) atoms. The number of aromatic nitrogens is 3. The van der Waals surface area contributed by atoms with Crippen LogP contribution in [-0.4, -0.2) is 54.8 Å². The first-order valence-corrected chi connectivity index (χ1v) is 15.7. The third-order valence-electron chi connectivity index (χ3n) is 9.10. The average molecular weight is 658 g/mol. The molecule has 3 heterocycles. The Morgan fingerprint density at radius 3 is 2.46 bits per heavy atom. The van der Waals surface area contributed by atoms with Crippen LogP contribution in [0.15, 0.2) is 84.0 Å². The van der Waals surface area contributed by atoms with Gasteiger partial charge in [-0.25, -0.2) is 23.1 Å². The Morgan fingerprint density at radius 1 is 1.02 bits per heavy atom. The second-order valence-corrected chi connectivity index (χ2v) is 12.4. The van der Waals surface area contributed by atoms with E-state index >= 15 is 4.39 Å². The van der Waals surface area contributed by atoms with E-state index in [1.54, 1.807) is 4.90 Å². The molecule has 3 atom stereocenters. The van der Waals surface area contributed by atoms with E-state index in [-0.39, 0.29) is 80.7 Å². The highest BCUT2D eigenvalue weighted by molar-refractivity contribution is 5.80. The Kier molecular flexibility index (Phi) is 9.24. The Balaban J connectivity index is 1.12. The molecular formula is C36H34F3N5O4. The van der Waals surface area contributed by atoms with E-state index in [0.29, 0.717) is 0 Å². The van der Waals surface area contributed by atoms with Gasteiger partial charge in [0.1, 0.15) is 29.4 Å². The second kappa shape index (κ2) is 13.5. The van der Waals surface area contributed by atoms with Gasteiger partial charge < -0.3 is 20.5 Å². The maximum Gasteiger partial charge on any atom is 0.280 e. The van der Waals surface area contributed by atoms with E-state index in [0.717, 1.165) is 11.6 Å². The summed E-state index contributed by atoms with van der Waals surface area (Å²) in [7, 11) is 0. The third-order valence-corrected chi connectivity index (χ3v) is 9.10. The highest BCUT2D eigenvalue weighted by atomic mass is 19.1. The number of alkyl halides is 1. The number of benzene rings is 2. The zero-order chi connectivity index (χ0) is 33.9. The zero-order valence-electron chi connectivity index (χ0n) is 26.0. The highest BCUT2D eigenvalue weighted by Crippen LogP contribution is 2.45. The first kappa shape index (κ1) is 32.8. The number of hydrogen-bond donors (Lipinski definition) is 2. The number of hydrogen-bond acceptors (Lipinski definition) is 7. The second-order valence-electron chi connectivity index (χ2n) is 12.4. The normalized spacial score (nSPS) is 22.0. The van der Waals surface area contributed by atoms with Gasteiger partial charge in [-0.3, -0.25) is 14.2 Å². The average Bonchev–Trinajstić information content (AvgIpc) is 3.09. The van der Waals surface area contributed by atoms with Gasteiger partial charge in [0.2, 0.25) is 11.8 Å². The molecule has 6 rings (SSSR count). The van der Waals surface area contributed by atoms with Crippen LogP contribution in [-0.2, 0) is 11.3 Å². The number of nitrogens with two attached hydrogens (primary N) is 1. The molecule has 1 aliphatic carbocycles. The molecule has 1 aliphatic heterocycles. The van der Waals surface area contributed by atoms with Crippen LogP contribution in [0.3, 0.4) is 0 Å². The molecule has 0 unspecified atom stereocenters. The molecule has 2 fully saturated rings. The van der Waals surface area contributed by atoms with Crippen molar-refractivity contribution in [2.24, 2.45) is 5.92 Å². The minimum atomic E-state index is -1.89. The van der Waals surface area contributed by atoms with Gasteiger partial charge in [0.05, 0.1) is 12.1 Å². The van der Waals surface area contributed by atoms with Gasteiger partial charge in [0, 0.05) is 37.7 Å². The Bertz CT molecular complexity index is 1900. The van der Waals surface area contributed by atoms with E-state index in [1.165, 1.54) is 47.4 Å². The maximum absolute atomic E-state index is 16.2. The number of carbonyl (C=O) groups excluding carboxylic acids is 1. The van der Waals surface area contributed by atoms with E-state index in [4.69, 9.17) is 10.5 Å². The number of aliphatic hydroxyl groups is 1. The molecule has 2 aliphatic rings. The lowest BCUT2D eigenvalue weighted by molar-refractivity contribution is -0.142. The molecule has 0 spiro atoms. The third kappa shape index (κ3) is 7.37. The zero-order valence-corrected chi connectivity index (χ0v) is 26.0. The number of halogens is 3. The molecule has 1 saturated heterocycles. The fourth-order valence-corrected chi connectivity index (χ4v) is 6.44. The van der Waals surface area contributed by atoms with Gasteiger partial charge in [-0.2, -0.15) is 0 Å². The number of pyridine rings is 1. The van der Waals surface area contributed by atoms with Crippen LogP contribution in [0.25, 0.3) is 0 Å². The number of piperidine rings is 1. The maximum atomic E-state index is 16.2. The number of likely N-dealkylation sites (tertiary alicyclic amines) is 1. The van der Waals surface area contributed by atoms with Gasteiger partial charge in [-0.1, -0.05) is 36.3 Å². The van der Waals surface area contributed by atoms with Crippen molar-refractivity contribution in [3.8, 4) is 23.5 Å². The van der Waals surface area contributed by atoms with Gasteiger partial charge in [0.25, 0.3) is 5.56 Å².